The van der Waals surface area contributed by atoms with Gasteiger partial charge in [0, 0.05) is 10.9 Å². The van der Waals surface area contributed by atoms with Crippen molar-refractivity contribution in [2.45, 2.75) is 26.3 Å². The first kappa shape index (κ1) is 14.2. The fourth-order valence-electron chi connectivity index (χ4n) is 2.62. The summed E-state index contributed by atoms with van der Waals surface area (Å²) in [7, 11) is 0. The van der Waals surface area contributed by atoms with Crippen LogP contribution >= 0.6 is 11.3 Å². The van der Waals surface area contributed by atoms with Crippen molar-refractivity contribution in [2.75, 3.05) is 6.54 Å². The van der Waals surface area contributed by atoms with Crippen LogP contribution in [-0.4, -0.2) is 11.5 Å². The van der Waals surface area contributed by atoms with Crippen LogP contribution in [0, 0.1) is 6.92 Å². The second-order valence-corrected chi connectivity index (χ2v) is 6.25. The highest BCUT2D eigenvalue weighted by atomic mass is 32.1. The quantitative estimate of drug-likeness (QED) is 0.738. The number of pyridine rings is 1. The standard InChI is InChI=1S/C18H20N2S/c1-3-9-20-17(16-12-13(2)7-10-19-16)15-6-4-5-14-8-11-21-18(14)15/h4-8,10-12,17,20H,3,9H2,1-2H3. The minimum Gasteiger partial charge on any atom is -0.305 e. The molecule has 108 valence electrons. The molecule has 0 aliphatic rings. The largest absolute Gasteiger partial charge is 0.305 e. The van der Waals surface area contributed by atoms with Crippen molar-refractivity contribution in [3.63, 3.8) is 0 Å². The van der Waals surface area contributed by atoms with Gasteiger partial charge in [0.05, 0.1) is 11.7 Å². The van der Waals surface area contributed by atoms with E-state index in [4.69, 9.17) is 0 Å². The molecule has 0 saturated carbocycles. The number of fused-ring (bicyclic) bond motifs is 1. The number of rotatable bonds is 5. The van der Waals surface area contributed by atoms with Gasteiger partial charge in [-0.3, -0.25) is 4.98 Å². The highest BCUT2D eigenvalue weighted by Gasteiger charge is 2.17. The summed E-state index contributed by atoms with van der Waals surface area (Å²) in [5.74, 6) is 0. The van der Waals surface area contributed by atoms with Gasteiger partial charge in [0.2, 0.25) is 0 Å². The Morgan fingerprint density at radius 2 is 2.14 bits per heavy atom. The maximum atomic E-state index is 4.60. The molecule has 1 N–H and O–H groups in total. The minimum absolute atomic E-state index is 0.159. The number of hydrogen-bond donors (Lipinski definition) is 1. The van der Waals surface area contributed by atoms with Gasteiger partial charge in [-0.1, -0.05) is 25.1 Å². The molecule has 0 spiro atoms. The smallest absolute Gasteiger partial charge is 0.0765 e. The molecule has 1 aromatic carbocycles. The number of aromatic nitrogens is 1. The van der Waals surface area contributed by atoms with Crippen LogP contribution in [0.5, 0.6) is 0 Å². The molecule has 2 heterocycles. The second kappa shape index (κ2) is 6.37. The first-order valence-electron chi connectivity index (χ1n) is 7.41. The van der Waals surface area contributed by atoms with Gasteiger partial charge < -0.3 is 5.32 Å². The van der Waals surface area contributed by atoms with E-state index in [9.17, 15) is 0 Å². The maximum Gasteiger partial charge on any atom is 0.0765 e. The average molecular weight is 296 g/mol. The van der Waals surface area contributed by atoms with Crippen molar-refractivity contribution in [3.05, 3.63) is 64.8 Å². The van der Waals surface area contributed by atoms with Crippen LogP contribution in [-0.2, 0) is 0 Å². The molecule has 0 fully saturated rings. The molecule has 3 rings (SSSR count). The lowest BCUT2D eigenvalue weighted by molar-refractivity contribution is 0.589. The number of nitrogens with zero attached hydrogens (tertiary/aromatic N) is 1. The topological polar surface area (TPSA) is 24.9 Å². The minimum atomic E-state index is 0.159. The van der Waals surface area contributed by atoms with E-state index in [1.165, 1.54) is 21.2 Å². The highest BCUT2D eigenvalue weighted by molar-refractivity contribution is 7.17. The Balaban J connectivity index is 2.08. The molecule has 2 aromatic heterocycles. The summed E-state index contributed by atoms with van der Waals surface area (Å²) in [5, 5.41) is 7.13. The molecule has 0 saturated heterocycles. The van der Waals surface area contributed by atoms with Crippen LogP contribution in [0.15, 0.2) is 48.0 Å². The molecule has 1 unspecified atom stereocenters. The zero-order valence-corrected chi connectivity index (χ0v) is 13.3. The van der Waals surface area contributed by atoms with E-state index in [-0.39, 0.29) is 6.04 Å². The maximum absolute atomic E-state index is 4.60. The van der Waals surface area contributed by atoms with Crippen LogP contribution in [0.2, 0.25) is 0 Å². The van der Waals surface area contributed by atoms with Gasteiger partial charge in [0.25, 0.3) is 0 Å². The lowest BCUT2D eigenvalue weighted by Gasteiger charge is -2.19. The van der Waals surface area contributed by atoms with Gasteiger partial charge >= 0.3 is 0 Å². The van der Waals surface area contributed by atoms with Crippen molar-refractivity contribution in [3.8, 4) is 0 Å². The number of aryl methyl sites for hydroxylation is 1. The fourth-order valence-corrected chi connectivity index (χ4v) is 3.57. The molecule has 21 heavy (non-hydrogen) atoms. The normalized spacial score (nSPS) is 12.7. The van der Waals surface area contributed by atoms with Gasteiger partial charge in [0.1, 0.15) is 0 Å². The number of thiophene rings is 1. The van der Waals surface area contributed by atoms with Crippen molar-refractivity contribution in [1.29, 1.82) is 0 Å². The molecule has 0 amide bonds. The van der Waals surface area contributed by atoms with Crippen molar-refractivity contribution in [2.24, 2.45) is 0 Å². The van der Waals surface area contributed by atoms with E-state index in [1.807, 2.05) is 12.3 Å². The summed E-state index contributed by atoms with van der Waals surface area (Å²) in [6, 6.07) is 13.1. The summed E-state index contributed by atoms with van der Waals surface area (Å²) in [5.41, 5.74) is 3.68. The number of hydrogen-bond acceptors (Lipinski definition) is 3. The Morgan fingerprint density at radius 1 is 1.24 bits per heavy atom. The van der Waals surface area contributed by atoms with Gasteiger partial charge in [0.15, 0.2) is 0 Å². The summed E-state index contributed by atoms with van der Waals surface area (Å²) >= 11 is 1.81. The van der Waals surface area contributed by atoms with Crippen molar-refractivity contribution >= 4 is 21.4 Å². The van der Waals surface area contributed by atoms with Gasteiger partial charge in [-0.15, -0.1) is 11.3 Å². The lowest BCUT2D eigenvalue weighted by atomic mass is 10.0. The molecule has 0 aliphatic heterocycles. The SMILES string of the molecule is CCCNC(c1cc(C)ccn1)c1cccc2ccsc12. The second-order valence-electron chi connectivity index (χ2n) is 5.33. The van der Waals surface area contributed by atoms with E-state index in [1.54, 1.807) is 11.3 Å². The third-order valence-corrected chi connectivity index (χ3v) is 4.63. The average Bonchev–Trinajstić information content (AvgIpc) is 2.97. The van der Waals surface area contributed by atoms with Crippen molar-refractivity contribution in [1.82, 2.24) is 10.3 Å². The zero-order valence-electron chi connectivity index (χ0n) is 12.5. The first-order chi connectivity index (χ1) is 10.3. The molecule has 3 heteroatoms. The summed E-state index contributed by atoms with van der Waals surface area (Å²) in [4.78, 5) is 4.60. The molecule has 2 nitrogen and oxygen atoms in total. The third kappa shape index (κ3) is 2.99. The van der Waals surface area contributed by atoms with Crippen LogP contribution in [0.4, 0.5) is 0 Å². The monoisotopic (exact) mass is 296 g/mol. The Kier molecular flexibility index (Phi) is 4.32. The highest BCUT2D eigenvalue weighted by Crippen LogP contribution is 2.31. The summed E-state index contributed by atoms with van der Waals surface area (Å²) in [6.07, 6.45) is 3.02. The fraction of sp³-hybridized carbons (Fsp3) is 0.278. The van der Waals surface area contributed by atoms with Crippen LogP contribution in [0.25, 0.3) is 10.1 Å². The molecular formula is C18H20N2S. The third-order valence-electron chi connectivity index (χ3n) is 3.65. The zero-order chi connectivity index (χ0) is 14.7. The van der Waals surface area contributed by atoms with Gasteiger partial charge in [-0.05, 0) is 60.0 Å². The molecular weight excluding hydrogens is 276 g/mol. The predicted molar refractivity (Wildman–Crippen MR) is 90.9 cm³/mol. The summed E-state index contributed by atoms with van der Waals surface area (Å²) < 4.78 is 1.36. The lowest BCUT2D eigenvalue weighted by Crippen LogP contribution is -2.24. The van der Waals surface area contributed by atoms with Gasteiger partial charge in [-0.2, -0.15) is 0 Å². The van der Waals surface area contributed by atoms with Crippen LogP contribution in [0.3, 0.4) is 0 Å². The van der Waals surface area contributed by atoms with E-state index < -0.39 is 0 Å². The molecule has 1 atom stereocenters. The van der Waals surface area contributed by atoms with Crippen LogP contribution < -0.4 is 5.32 Å². The predicted octanol–water partition coefficient (Wildman–Crippen LogP) is 4.69. The molecule has 3 aromatic rings. The van der Waals surface area contributed by atoms with Crippen molar-refractivity contribution < 1.29 is 0 Å². The Bertz CT molecular complexity index is 733. The molecule has 0 bridgehead atoms. The van der Waals surface area contributed by atoms with E-state index in [2.05, 4.69) is 59.9 Å². The Labute approximate surface area is 129 Å². The Morgan fingerprint density at radius 3 is 2.95 bits per heavy atom. The van der Waals surface area contributed by atoms with E-state index >= 15 is 0 Å². The van der Waals surface area contributed by atoms with Crippen LogP contribution in [0.1, 0.15) is 36.2 Å². The number of benzene rings is 1. The number of nitrogens with one attached hydrogen (secondary N) is 1. The molecule has 0 aliphatic carbocycles. The summed E-state index contributed by atoms with van der Waals surface area (Å²) in [6.45, 7) is 5.30. The van der Waals surface area contributed by atoms with E-state index in [0.29, 0.717) is 0 Å². The van der Waals surface area contributed by atoms with E-state index in [0.717, 1.165) is 18.7 Å². The Hall–Kier alpha value is -1.71. The first-order valence-corrected chi connectivity index (χ1v) is 8.29. The molecule has 0 radical (unpaired) electrons. The van der Waals surface area contributed by atoms with Gasteiger partial charge in [-0.25, -0.2) is 0 Å².